The average Bonchev–Trinajstić information content (AvgIpc) is 2.38. The molecular formula is C14H8BrF3O. The van der Waals surface area contributed by atoms with Gasteiger partial charge in [-0.15, -0.1) is 0 Å². The fourth-order valence-corrected chi connectivity index (χ4v) is 2.34. The van der Waals surface area contributed by atoms with Crippen LogP contribution in [0.4, 0.5) is 13.2 Å². The Hall–Kier alpha value is -1.62. The second kappa shape index (κ2) is 5.17. The summed E-state index contributed by atoms with van der Waals surface area (Å²) in [7, 11) is 0. The Balaban J connectivity index is 2.50. The number of carbonyl (C=O) groups is 1. The molecule has 0 aliphatic rings. The van der Waals surface area contributed by atoms with E-state index in [-0.39, 0.29) is 10.0 Å². The number of carbonyl (C=O) groups excluding carboxylic acids is 1. The van der Waals surface area contributed by atoms with Crippen molar-refractivity contribution in [2.24, 2.45) is 0 Å². The summed E-state index contributed by atoms with van der Waals surface area (Å²) in [4.78, 5) is 12.1. The fraction of sp³-hybridized carbons (Fsp3) is 0.0714. The highest BCUT2D eigenvalue weighted by Gasteiger charge is 2.34. The Labute approximate surface area is 116 Å². The Morgan fingerprint density at radius 2 is 1.58 bits per heavy atom. The van der Waals surface area contributed by atoms with Crippen LogP contribution in [0.1, 0.15) is 21.5 Å². The smallest absolute Gasteiger partial charge is 0.289 e. The predicted molar refractivity (Wildman–Crippen MR) is 69.0 cm³/mol. The molecule has 98 valence electrons. The zero-order valence-electron chi connectivity index (χ0n) is 9.54. The van der Waals surface area contributed by atoms with E-state index in [1.165, 1.54) is 12.1 Å². The molecule has 0 spiro atoms. The number of hydrogen-bond donors (Lipinski definition) is 0. The summed E-state index contributed by atoms with van der Waals surface area (Å²) < 4.78 is 38.0. The number of hydrogen-bond acceptors (Lipinski definition) is 1. The van der Waals surface area contributed by atoms with Crippen LogP contribution in [-0.2, 0) is 6.18 Å². The molecule has 0 atom stereocenters. The van der Waals surface area contributed by atoms with Crippen molar-refractivity contribution in [3.05, 3.63) is 69.7 Å². The highest BCUT2D eigenvalue weighted by atomic mass is 79.9. The molecule has 0 aliphatic heterocycles. The number of halogens is 4. The van der Waals surface area contributed by atoms with E-state index < -0.39 is 17.5 Å². The maximum absolute atomic E-state index is 12.8. The molecule has 0 saturated heterocycles. The molecule has 5 heteroatoms. The molecule has 2 aromatic rings. The van der Waals surface area contributed by atoms with Crippen molar-refractivity contribution in [2.75, 3.05) is 0 Å². The molecule has 0 unspecified atom stereocenters. The van der Waals surface area contributed by atoms with Crippen LogP contribution in [0.5, 0.6) is 0 Å². The van der Waals surface area contributed by atoms with Gasteiger partial charge >= 0.3 is 6.18 Å². The minimum absolute atomic E-state index is 0.000949. The van der Waals surface area contributed by atoms with Gasteiger partial charge in [0, 0.05) is 15.6 Å². The van der Waals surface area contributed by atoms with Gasteiger partial charge in [-0.25, -0.2) is 0 Å². The van der Waals surface area contributed by atoms with Gasteiger partial charge in [0.05, 0.1) is 5.56 Å². The third-order valence-electron chi connectivity index (χ3n) is 2.58. The molecule has 19 heavy (non-hydrogen) atoms. The number of alkyl halides is 3. The zero-order chi connectivity index (χ0) is 14.0. The molecule has 0 saturated carbocycles. The number of ketones is 1. The SMILES string of the molecule is O=C(c1ccccc1)c1cccc(C(F)(F)F)c1Br. The molecular weight excluding hydrogens is 321 g/mol. The van der Waals surface area contributed by atoms with Crippen LogP contribution in [0, 0.1) is 0 Å². The molecule has 0 radical (unpaired) electrons. The van der Waals surface area contributed by atoms with Gasteiger partial charge in [0.2, 0.25) is 0 Å². The van der Waals surface area contributed by atoms with Gasteiger partial charge in [0.25, 0.3) is 0 Å². The van der Waals surface area contributed by atoms with Crippen LogP contribution in [0.25, 0.3) is 0 Å². The van der Waals surface area contributed by atoms with Crippen molar-refractivity contribution in [3.8, 4) is 0 Å². The van der Waals surface area contributed by atoms with Crippen LogP contribution < -0.4 is 0 Å². The Morgan fingerprint density at radius 1 is 0.947 bits per heavy atom. The van der Waals surface area contributed by atoms with Gasteiger partial charge in [0.1, 0.15) is 0 Å². The van der Waals surface area contributed by atoms with Crippen LogP contribution in [0.2, 0.25) is 0 Å². The molecule has 0 amide bonds. The molecule has 2 rings (SSSR count). The third-order valence-corrected chi connectivity index (χ3v) is 3.44. The first-order valence-corrected chi connectivity index (χ1v) is 6.16. The minimum Gasteiger partial charge on any atom is -0.289 e. The van der Waals surface area contributed by atoms with Gasteiger partial charge in [-0.3, -0.25) is 4.79 Å². The minimum atomic E-state index is -4.49. The molecule has 0 heterocycles. The zero-order valence-corrected chi connectivity index (χ0v) is 11.1. The van der Waals surface area contributed by atoms with Gasteiger partial charge < -0.3 is 0 Å². The molecule has 0 N–H and O–H groups in total. The number of benzene rings is 2. The Morgan fingerprint density at radius 3 is 2.16 bits per heavy atom. The second-order valence-corrected chi connectivity index (χ2v) is 4.65. The molecule has 2 aromatic carbocycles. The van der Waals surface area contributed by atoms with Gasteiger partial charge in [-0.2, -0.15) is 13.2 Å². The van der Waals surface area contributed by atoms with Crippen molar-refractivity contribution < 1.29 is 18.0 Å². The van der Waals surface area contributed by atoms with Crippen molar-refractivity contribution >= 4 is 21.7 Å². The topological polar surface area (TPSA) is 17.1 Å². The predicted octanol–water partition coefficient (Wildman–Crippen LogP) is 4.70. The van der Waals surface area contributed by atoms with E-state index in [2.05, 4.69) is 15.9 Å². The van der Waals surface area contributed by atoms with Crippen LogP contribution in [-0.4, -0.2) is 5.78 Å². The molecule has 0 aromatic heterocycles. The number of rotatable bonds is 2. The van der Waals surface area contributed by atoms with Crippen LogP contribution >= 0.6 is 15.9 Å². The Kier molecular flexibility index (Phi) is 3.75. The lowest BCUT2D eigenvalue weighted by Crippen LogP contribution is -2.10. The van der Waals surface area contributed by atoms with Crippen LogP contribution in [0.15, 0.2) is 53.0 Å². The lowest BCUT2D eigenvalue weighted by atomic mass is 10.0. The van der Waals surface area contributed by atoms with E-state index in [1.54, 1.807) is 30.3 Å². The first-order valence-electron chi connectivity index (χ1n) is 5.36. The van der Waals surface area contributed by atoms with Gasteiger partial charge in [0.15, 0.2) is 5.78 Å². The van der Waals surface area contributed by atoms with Crippen molar-refractivity contribution in [1.82, 2.24) is 0 Å². The van der Waals surface area contributed by atoms with Gasteiger partial charge in [-0.05, 0) is 28.1 Å². The average molecular weight is 329 g/mol. The summed E-state index contributed by atoms with van der Waals surface area (Å²) in [6.07, 6.45) is -4.49. The maximum atomic E-state index is 12.8. The summed E-state index contributed by atoms with van der Waals surface area (Å²) >= 11 is 2.87. The molecule has 0 aliphatic carbocycles. The summed E-state index contributed by atoms with van der Waals surface area (Å²) in [5.74, 6) is -0.446. The highest BCUT2D eigenvalue weighted by molar-refractivity contribution is 9.10. The van der Waals surface area contributed by atoms with Gasteiger partial charge in [-0.1, -0.05) is 36.4 Å². The van der Waals surface area contributed by atoms with Crippen molar-refractivity contribution in [2.45, 2.75) is 6.18 Å². The molecule has 0 bridgehead atoms. The normalized spacial score (nSPS) is 11.4. The summed E-state index contributed by atoms with van der Waals surface area (Å²) in [6.45, 7) is 0. The van der Waals surface area contributed by atoms with Crippen LogP contribution in [0.3, 0.4) is 0 Å². The monoisotopic (exact) mass is 328 g/mol. The first-order chi connectivity index (χ1) is 8.91. The summed E-state index contributed by atoms with van der Waals surface area (Å²) in [5, 5.41) is 0. The standard InChI is InChI=1S/C14H8BrF3O/c15-12-10(7-4-8-11(12)14(16,17)18)13(19)9-5-2-1-3-6-9/h1-8H. The highest BCUT2D eigenvalue weighted by Crippen LogP contribution is 2.36. The summed E-state index contributed by atoms with van der Waals surface area (Å²) in [5.41, 5.74) is -0.502. The lowest BCUT2D eigenvalue weighted by molar-refractivity contribution is -0.138. The quantitative estimate of drug-likeness (QED) is 0.730. The maximum Gasteiger partial charge on any atom is 0.417 e. The molecule has 0 fully saturated rings. The van der Waals surface area contributed by atoms with E-state index in [9.17, 15) is 18.0 Å². The lowest BCUT2D eigenvalue weighted by Gasteiger charge is -2.12. The van der Waals surface area contributed by atoms with E-state index >= 15 is 0 Å². The summed E-state index contributed by atoms with van der Waals surface area (Å²) in [6, 6.07) is 11.7. The largest absolute Gasteiger partial charge is 0.417 e. The fourth-order valence-electron chi connectivity index (χ4n) is 1.67. The van der Waals surface area contributed by atoms with E-state index in [1.807, 2.05) is 0 Å². The van der Waals surface area contributed by atoms with E-state index in [4.69, 9.17) is 0 Å². The van der Waals surface area contributed by atoms with E-state index in [0.29, 0.717) is 5.56 Å². The first kappa shape index (κ1) is 13.8. The molecule has 1 nitrogen and oxygen atoms in total. The van der Waals surface area contributed by atoms with Crippen molar-refractivity contribution in [1.29, 1.82) is 0 Å². The second-order valence-electron chi connectivity index (χ2n) is 3.86. The third kappa shape index (κ3) is 2.87. The van der Waals surface area contributed by atoms with Crippen molar-refractivity contribution in [3.63, 3.8) is 0 Å². The Bertz CT molecular complexity index is 606. The van der Waals surface area contributed by atoms with E-state index in [0.717, 1.165) is 6.07 Å².